The van der Waals surface area contributed by atoms with Gasteiger partial charge in [-0.3, -0.25) is 0 Å². The number of hydrogen-bond acceptors (Lipinski definition) is 6. The molecule has 1 aromatic carbocycles. The average molecular weight is 423 g/mol. The fourth-order valence-corrected chi connectivity index (χ4v) is 4.17. The minimum Gasteiger partial charge on any atom is -0.381 e. The molecule has 0 aliphatic carbocycles. The summed E-state index contributed by atoms with van der Waals surface area (Å²) in [4.78, 5) is 7.28. The molecule has 0 atom stereocenters. The predicted octanol–water partition coefficient (Wildman–Crippen LogP) is 3.66. The van der Waals surface area contributed by atoms with Gasteiger partial charge in [0.05, 0.1) is 17.3 Å². The number of aromatic nitrogens is 3. The lowest BCUT2D eigenvalue weighted by Crippen LogP contribution is -2.27. The van der Waals surface area contributed by atoms with Gasteiger partial charge in [-0.05, 0) is 51.4 Å². The summed E-state index contributed by atoms with van der Waals surface area (Å²) >= 11 is 0. The molecule has 0 saturated carbocycles. The van der Waals surface area contributed by atoms with Crippen LogP contribution in [0.25, 0.3) is 22.3 Å². The number of pyridine rings is 1. The van der Waals surface area contributed by atoms with Crippen LogP contribution in [0.5, 0.6) is 0 Å². The zero-order chi connectivity index (χ0) is 21.8. The van der Waals surface area contributed by atoms with Crippen LogP contribution in [-0.2, 0) is 11.3 Å². The summed E-state index contributed by atoms with van der Waals surface area (Å²) in [5.41, 5.74) is 11.1. The van der Waals surface area contributed by atoms with Gasteiger partial charge in [0.2, 0.25) is 0 Å². The summed E-state index contributed by atoms with van der Waals surface area (Å²) in [7, 11) is 2.10. The first kappa shape index (κ1) is 21.7. The van der Waals surface area contributed by atoms with E-state index in [4.69, 9.17) is 15.5 Å². The maximum atomic E-state index is 5.70. The first-order chi connectivity index (χ1) is 15.0. The molecule has 0 spiro atoms. The largest absolute Gasteiger partial charge is 0.381 e. The van der Waals surface area contributed by atoms with Crippen LogP contribution in [0.2, 0.25) is 0 Å². The lowest BCUT2D eigenvalue weighted by atomic mass is 10.0. The van der Waals surface area contributed by atoms with Crippen LogP contribution in [0.1, 0.15) is 38.3 Å². The van der Waals surface area contributed by atoms with E-state index in [9.17, 15) is 0 Å². The van der Waals surface area contributed by atoms with E-state index in [-0.39, 0.29) is 6.04 Å². The molecule has 7 heteroatoms. The number of hydrogen-bond donors (Lipinski definition) is 2. The number of nitrogens with zero attached hydrogens (tertiary/aromatic N) is 4. The van der Waals surface area contributed by atoms with Gasteiger partial charge < -0.3 is 20.7 Å². The Morgan fingerprint density at radius 1 is 1.26 bits per heavy atom. The number of benzene rings is 1. The highest BCUT2D eigenvalue weighted by Crippen LogP contribution is 2.31. The highest BCUT2D eigenvalue weighted by molar-refractivity contribution is 5.92. The zero-order valence-corrected chi connectivity index (χ0v) is 18.8. The first-order valence-corrected chi connectivity index (χ1v) is 11.3. The second-order valence-electron chi connectivity index (χ2n) is 8.73. The van der Waals surface area contributed by atoms with Crippen molar-refractivity contribution in [2.75, 3.05) is 38.7 Å². The van der Waals surface area contributed by atoms with E-state index in [1.165, 1.54) is 5.56 Å². The SMILES string of the molecule is CC(C)n1ncc2c(NC3CCOCC3)cc(-c3cccc(CN(C)CCN)c3)nc21. The molecule has 3 heterocycles. The second-order valence-corrected chi connectivity index (χ2v) is 8.73. The van der Waals surface area contributed by atoms with Crippen LogP contribution in [0, 0.1) is 0 Å². The molecule has 1 aliphatic rings. The van der Waals surface area contributed by atoms with E-state index in [1.807, 2.05) is 10.9 Å². The molecule has 1 aliphatic heterocycles. The van der Waals surface area contributed by atoms with Gasteiger partial charge in [0.25, 0.3) is 0 Å². The quantitative estimate of drug-likeness (QED) is 0.577. The van der Waals surface area contributed by atoms with Gasteiger partial charge in [0, 0.05) is 56.2 Å². The summed E-state index contributed by atoms with van der Waals surface area (Å²) in [6, 6.07) is 11.5. The van der Waals surface area contributed by atoms with Gasteiger partial charge in [0.1, 0.15) is 0 Å². The Morgan fingerprint density at radius 2 is 2.06 bits per heavy atom. The number of nitrogens with two attached hydrogens (primary N) is 1. The number of nitrogens with one attached hydrogen (secondary N) is 1. The van der Waals surface area contributed by atoms with E-state index < -0.39 is 0 Å². The average Bonchev–Trinajstić information content (AvgIpc) is 3.19. The van der Waals surface area contributed by atoms with Gasteiger partial charge in [-0.25, -0.2) is 9.67 Å². The van der Waals surface area contributed by atoms with E-state index in [2.05, 4.69) is 66.5 Å². The normalized spacial score (nSPS) is 15.3. The first-order valence-electron chi connectivity index (χ1n) is 11.3. The maximum Gasteiger partial charge on any atom is 0.160 e. The third-order valence-corrected chi connectivity index (χ3v) is 5.82. The highest BCUT2D eigenvalue weighted by atomic mass is 16.5. The molecule has 3 N–H and O–H groups in total. The number of rotatable bonds is 8. The predicted molar refractivity (Wildman–Crippen MR) is 126 cm³/mol. The van der Waals surface area contributed by atoms with Crippen molar-refractivity contribution >= 4 is 16.7 Å². The molecule has 7 nitrogen and oxygen atoms in total. The molecule has 0 radical (unpaired) electrons. The van der Waals surface area contributed by atoms with Gasteiger partial charge in [-0.1, -0.05) is 18.2 Å². The van der Waals surface area contributed by atoms with Gasteiger partial charge in [0.15, 0.2) is 5.65 Å². The minimum atomic E-state index is 0.243. The fraction of sp³-hybridized carbons (Fsp3) is 0.500. The molecule has 4 rings (SSSR count). The van der Waals surface area contributed by atoms with Crippen molar-refractivity contribution in [3.8, 4) is 11.3 Å². The van der Waals surface area contributed by atoms with Gasteiger partial charge in [-0.15, -0.1) is 0 Å². The monoisotopic (exact) mass is 422 g/mol. The van der Waals surface area contributed by atoms with Crippen LogP contribution in [-0.4, -0.2) is 59.1 Å². The van der Waals surface area contributed by atoms with E-state index in [0.717, 1.165) is 67.1 Å². The smallest absolute Gasteiger partial charge is 0.160 e. The molecule has 1 saturated heterocycles. The van der Waals surface area contributed by atoms with Crippen molar-refractivity contribution in [1.82, 2.24) is 19.7 Å². The Labute approximate surface area is 184 Å². The third kappa shape index (κ3) is 5.06. The Kier molecular flexibility index (Phi) is 6.85. The molecular weight excluding hydrogens is 388 g/mol. The zero-order valence-electron chi connectivity index (χ0n) is 18.8. The minimum absolute atomic E-state index is 0.243. The standard InChI is InChI=1S/C24H34N6O/c1-17(2)30-24-21(15-26-30)23(27-20-7-11-31-12-8-20)14-22(28-24)19-6-4-5-18(13-19)16-29(3)10-9-25/h4-6,13-15,17,20H,7-12,16,25H2,1-3H3,(H,27,28). The molecule has 0 amide bonds. The summed E-state index contributed by atoms with van der Waals surface area (Å²) in [5, 5.41) is 9.46. The number of likely N-dealkylation sites (N-methyl/N-ethyl adjacent to an activating group) is 1. The number of anilines is 1. The molecule has 166 valence electrons. The number of ether oxygens (including phenoxy) is 1. The molecule has 0 unspecified atom stereocenters. The Hall–Kier alpha value is -2.48. The molecule has 3 aromatic rings. The van der Waals surface area contributed by atoms with Crippen LogP contribution < -0.4 is 11.1 Å². The van der Waals surface area contributed by atoms with E-state index in [0.29, 0.717) is 12.6 Å². The lowest BCUT2D eigenvalue weighted by molar-refractivity contribution is 0.0905. The maximum absolute atomic E-state index is 5.70. The molecule has 2 aromatic heterocycles. The fourth-order valence-electron chi connectivity index (χ4n) is 4.17. The van der Waals surface area contributed by atoms with Crippen molar-refractivity contribution in [2.24, 2.45) is 5.73 Å². The van der Waals surface area contributed by atoms with E-state index in [1.54, 1.807) is 0 Å². The summed E-state index contributed by atoms with van der Waals surface area (Å²) in [5.74, 6) is 0. The third-order valence-electron chi connectivity index (χ3n) is 5.82. The van der Waals surface area contributed by atoms with Crippen LogP contribution in [0.4, 0.5) is 5.69 Å². The van der Waals surface area contributed by atoms with Crippen LogP contribution >= 0.6 is 0 Å². The number of fused-ring (bicyclic) bond motifs is 1. The molecule has 0 bridgehead atoms. The van der Waals surface area contributed by atoms with Crippen molar-refractivity contribution in [3.63, 3.8) is 0 Å². The summed E-state index contributed by atoms with van der Waals surface area (Å²) < 4.78 is 7.54. The lowest BCUT2D eigenvalue weighted by Gasteiger charge is -2.24. The molecular formula is C24H34N6O. The molecule has 31 heavy (non-hydrogen) atoms. The van der Waals surface area contributed by atoms with Gasteiger partial charge >= 0.3 is 0 Å². The van der Waals surface area contributed by atoms with Crippen molar-refractivity contribution < 1.29 is 4.74 Å². The van der Waals surface area contributed by atoms with Gasteiger partial charge in [-0.2, -0.15) is 5.10 Å². The van der Waals surface area contributed by atoms with Crippen molar-refractivity contribution in [3.05, 3.63) is 42.1 Å². The molecule has 1 fully saturated rings. The van der Waals surface area contributed by atoms with Crippen molar-refractivity contribution in [2.45, 2.75) is 45.3 Å². The highest BCUT2D eigenvalue weighted by Gasteiger charge is 2.19. The topological polar surface area (TPSA) is 81.2 Å². The summed E-state index contributed by atoms with van der Waals surface area (Å²) in [6.07, 6.45) is 3.97. The second kappa shape index (κ2) is 9.77. The Morgan fingerprint density at radius 3 is 2.81 bits per heavy atom. The van der Waals surface area contributed by atoms with Crippen molar-refractivity contribution in [1.29, 1.82) is 0 Å². The Bertz CT molecular complexity index is 1010. The van der Waals surface area contributed by atoms with E-state index >= 15 is 0 Å². The Balaban J connectivity index is 1.72. The van der Waals surface area contributed by atoms with Crippen LogP contribution in [0.3, 0.4) is 0 Å². The summed E-state index contributed by atoms with van der Waals surface area (Å²) in [6.45, 7) is 8.30. The van der Waals surface area contributed by atoms with Crippen LogP contribution in [0.15, 0.2) is 36.5 Å².